The molecule has 0 aliphatic carbocycles. The molecule has 4 heteroatoms. The van der Waals surface area contributed by atoms with Crippen molar-refractivity contribution in [1.82, 2.24) is 4.90 Å². The molecule has 0 bridgehead atoms. The van der Waals surface area contributed by atoms with Crippen molar-refractivity contribution in [2.45, 2.75) is 20.3 Å². The SMILES string of the molecule is COc1ccc(CCN(C)C(=O)C(C)(C)C#N)cc1. The van der Waals surface area contributed by atoms with Crippen LogP contribution in [-0.2, 0) is 11.2 Å². The third-order valence-electron chi connectivity index (χ3n) is 3.06. The van der Waals surface area contributed by atoms with E-state index in [0.29, 0.717) is 6.54 Å². The van der Waals surface area contributed by atoms with E-state index < -0.39 is 5.41 Å². The van der Waals surface area contributed by atoms with Gasteiger partial charge in [0.15, 0.2) is 0 Å². The lowest BCUT2D eigenvalue weighted by Crippen LogP contribution is -2.38. The zero-order valence-electron chi connectivity index (χ0n) is 11.9. The number of likely N-dealkylation sites (N-methyl/N-ethyl adjacent to an activating group) is 1. The topological polar surface area (TPSA) is 53.3 Å². The Morgan fingerprint density at radius 2 is 1.95 bits per heavy atom. The third-order valence-corrected chi connectivity index (χ3v) is 3.06. The van der Waals surface area contributed by atoms with E-state index in [1.165, 1.54) is 0 Å². The fourth-order valence-electron chi connectivity index (χ4n) is 1.72. The smallest absolute Gasteiger partial charge is 0.242 e. The number of nitriles is 1. The Morgan fingerprint density at radius 1 is 1.37 bits per heavy atom. The van der Waals surface area contributed by atoms with Gasteiger partial charge < -0.3 is 9.64 Å². The molecule has 0 radical (unpaired) electrons. The maximum atomic E-state index is 12.0. The summed E-state index contributed by atoms with van der Waals surface area (Å²) in [5.41, 5.74) is 0.171. The summed E-state index contributed by atoms with van der Waals surface area (Å²) < 4.78 is 5.09. The molecule has 1 rings (SSSR count). The first kappa shape index (κ1) is 15.0. The molecule has 0 aliphatic heterocycles. The second-order valence-electron chi connectivity index (χ2n) is 5.06. The number of carbonyl (C=O) groups excluding carboxylic acids is 1. The average Bonchev–Trinajstić information content (AvgIpc) is 2.44. The first-order chi connectivity index (χ1) is 8.90. The zero-order chi connectivity index (χ0) is 14.5. The van der Waals surface area contributed by atoms with Gasteiger partial charge in [0, 0.05) is 13.6 Å². The summed E-state index contributed by atoms with van der Waals surface area (Å²) in [4.78, 5) is 13.6. The fourth-order valence-corrected chi connectivity index (χ4v) is 1.72. The predicted molar refractivity (Wildman–Crippen MR) is 73.7 cm³/mol. The van der Waals surface area contributed by atoms with Crippen LogP contribution in [0.5, 0.6) is 5.75 Å². The van der Waals surface area contributed by atoms with Gasteiger partial charge in [0.2, 0.25) is 5.91 Å². The molecule has 0 aromatic heterocycles. The van der Waals surface area contributed by atoms with Gasteiger partial charge in [-0.3, -0.25) is 4.79 Å². The van der Waals surface area contributed by atoms with Crippen LogP contribution < -0.4 is 4.74 Å². The molecule has 1 aromatic rings. The standard InChI is InChI=1S/C15H20N2O2/c1-15(2,11-16)14(18)17(3)10-9-12-5-7-13(19-4)8-6-12/h5-8H,9-10H2,1-4H3. The molecule has 102 valence electrons. The van der Waals surface area contributed by atoms with Crippen LogP contribution in [0, 0.1) is 16.7 Å². The third kappa shape index (κ3) is 3.99. The van der Waals surface area contributed by atoms with Crippen molar-refractivity contribution >= 4 is 5.91 Å². The second-order valence-corrected chi connectivity index (χ2v) is 5.06. The molecule has 0 saturated heterocycles. The molecule has 0 heterocycles. The summed E-state index contributed by atoms with van der Waals surface area (Å²) in [5.74, 6) is 0.669. The summed E-state index contributed by atoms with van der Waals surface area (Å²) in [5, 5.41) is 8.94. The molecule has 1 aromatic carbocycles. The fraction of sp³-hybridized carbons (Fsp3) is 0.467. The first-order valence-corrected chi connectivity index (χ1v) is 6.20. The highest BCUT2D eigenvalue weighted by molar-refractivity contribution is 5.84. The molecule has 0 N–H and O–H groups in total. The van der Waals surface area contributed by atoms with Gasteiger partial charge in [-0.1, -0.05) is 12.1 Å². The van der Waals surface area contributed by atoms with Crippen molar-refractivity contribution < 1.29 is 9.53 Å². The number of rotatable bonds is 5. The summed E-state index contributed by atoms with van der Waals surface area (Å²) in [6, 6.07) is 9.78. The van der Waals surface area contributed by atoms with Crippen LogP contribution in [0.25, 0.3) is 0 Å². The number of methoxy groups -OCH3 is 1. The van der Waals surface area contributed by atoms with E-state index in [1.54, 1.807) is 32.9 Å². The molecule has 19 heavy (non-hydrogen) atoms. The molecular formula is C15H20N2O2. The lowest BCUT2D eigenvalue weighted by atomic mass is 9.94. The Morgan fingerprint density at radius 3 is 2.42 bits per heavy atom. The van der Waals surface area contributed by atoms with Crippen molar-refractivity contribution in [2.24, 2.45) is 5.41 Å². The number of nitrogens with zero attached hydrogens (tertiary/aromatic N) is 2. The highest BCUT2D eigenvalue weighted by Gasteiger charge is 2.29. The molecule has 0 fully saturated rings. The van der Waals surface area contributed by atoms with Crippen molar-refractivity contribution in [2.75, 3.05) is 20.7 Å². The second kappa shape index (κ2) is 6.24. The van der Waals surface area contributed by atoms with Crippen molar-refractivity contribution in [1.29, 1.82) is 5.26 Å². The van der Waals surface area contributed by atoms with Crippen molar-refractivity contribution in [3.63, 3.8) is 0 Å². The van der Waals surface area contributed by atoms with Gasteiger partial charge in [0.1, 0.15) is 11.2 Å². The summed E-state index contributed by atoms with van der Waals surface area (Å²) in [7, 11) is 3.36. The van der Waals surface area contributed by atoms with Gasteiger partial charge in [-0.25, -0.2) is 0 Å². The van der Waals surface area contributed by atoms with Crippen LogP contribution in [0.1, 0.15) is 19.4 Å². The van der Waals surface area contributed by atoms with Gasteiger partial charge in [-0.2, -0.15) is 5.26 Å². The summed E-state index contributed by atoms with van der Waals surface area (Å²) >= 11 is 0. The molecule has 0 spiro atoms. The molecule has 0 unspecified atom stereocenters. The predicted octanol–water partition coefficient (Wildman–Crippen LogP) is 2.25. The van der Waals surface area contributed by atoms with Gasteiger partial charge in [-0.15, -0.1) is 0 Å². The largest absolute Gasteiger partial charge is 0.497 e. The molecule has 1 amide bonds. The minimum absolute atomic E-state index is 0.150. The maximum absolute atomic E-state index is 12.0. The number of hydrogen-bond acceptors (Lipinski definition) is 3. The van der Waals surface area contributed by atoms with Crippen LogP contribution in [0.4, 0.5) is 0 Å². The van der Waals surface area contributed by atoms with Crippen LogP contribution in [-0.4, -0.2) is 31.5 Å². The van der Waals surface area contributed by atoms with E-state index in [1.807, 2.05) is 30.3 Å². The number of hydrogen-bond donors (Lipinski definition) is 0. The van der Waals surface area contributed by atoms with Gasteiger partial charge in [0.05, 0.1) is 13.2 Å². The monoisotopic (exact) mass is 260 g/mol. The molecular weight excluding hydrogens is 240 g/mol. The highest BCUT2D eigenvalue weighted by atomic mass is 16.5. The van der Waals surface area contributed by atoms with E-state index in [0.717, 1.165) is 17.7 Å². The quantitative estimate of drug-likeness (QED) is 0.816. The Kier molecular flexibility index (Phi) is 4.94. The van der Waals surface area contributed by atoms with Crippen LogP contribution in [0.3, 0.4) is 0 Å². The van der Waals surface area contributed by atoms with E-state index in [-0.39, 0.29) is 5.91 Å². The molecule has 0 aliphatic rings. The van der Waals surface area contributed by atoms with Gasteiger partial charge in [-0.05, 0) is 38.0 Å². The number of benzene rings is 1. The van der Waals surface area contributed by atoms with E-state index in [2.05, 4.69) is 0 Å². The summed E-state index contributed by atoms with van der Waals surface area (Å²) in [6.45, 7) is 3.87. The zero-order valence-corrected chi connectivity index (χ0v) is 11.9. The van der Waals surface area contributed by atoms with E-state index in [9.17, 15) is 4.79 Å². The molecule has 4 nitrogen and oxygen atoms in total. The number of ether oxygens (including phenoxy) is 1. The number of amides is 1. The molecule has 0 atom stereocenters. The lowest BCUT2D eigenvalue weighted by molar-refractivity contribution is -0.136. The first-order valence-electron chi connectivity index (χ1n) is 6.20. The highest BCUT2D eigenvalue weighted by Crippen LogP contribution is 2.17. The molecule has 0 saturated carbocycles. The van der Waals surface area contributed by atoms with Crippen LogP contribution in [0.15, 0.2) is 24.3 Å². The average molecular weight is 260 g/mol. The maximum Gasteiger partial charge on any atom is 0.242 e. The van der Waals surface area contributed by atoms with Crippen molar-refractivity contribution in [3.05, 3.63) is 29.8 Å². The number of carbonyl (C=O) groups is 1. The summed E-state index contributed by atoms with van der Waals surface area (Å²) in [6.07, 6.45) is 0.758. The van der Waals surface area contributed by atoms with Crippen LogP contribution >= 0.6 is 0 Å². The normalized spacial score (nSPS) is 10.7. The minimum atomic E-state index is -0.964. The van der Waals surface area contributed by atoms with Crippen molar-refractivity contribution in [3.8, 4) is 11.8 Å². The van der Waals surface area contributed by atoms with E-state index in [4.69, 9.17) is 10.00 Å². The Labute approximate surface area is 114 Å². The Balaban J connectivity index is 2.57. The van der Waals surface area contributed by atoms with Crippen LogP contribution in [0.2, 0.25) is 0 Å². The lowest BCUT2D eigenvalue weighted by Gasteiger charge is -2.24. The van der Waals surface area contributed by atoms with E-state index >= 15 is 0 Å². The Hall–Kier alpha value is -2.02. The minimum Gasteiger partial charge on any atom is -0.497 e. The van der Waals surface area contributed by atoms with Gasteiger partial charge in [0.25, 0.3) is 0 Å². The van der Waals surface area contributed by atoms with Gasteiger partial charge >= 0.3 is 0 Å². The Bertz CT molecular complexity index is 472.